The summed E-state index contributed by atoms with van der Waals surface area (Å²) in [6.45, 7) is 5.22. The molecule has 1 atom stereocenters. The van der Waals surface area contributed by atoms with Crippen molar-refractivity contribution in [2.75, 3.05) is 19.8 Å². The Balaban J connectivity index is 1.99. The van der Waals surface area contributed by atoms with Crippen LogP contribution in [0.4, 0.5) is 0 Å². The normalized spacial score (nSPS) is 19.1. The molecule has 1 unspecified atom stereocenters. The van der Waals surface area contributed by atoms with Crippen molar-refractivity contribution < 1.29 is 9.47 Å². The second-order valence-corrected chi connectivity index (χ2v) is 4.86. The molecule has 100 valence electrons. The predicted molar refractivity (Wildman–Crippen MR) is 73.3 cm³/mol. The summed E-state index contributed by atoms with van der Waals surface area (Å²) in [4.78, 5) is 0. The average molecular weight is 270 g/mol. The zero-order chi connectivity index (χ0) is 12.8. The quantitative estimate of drug-likeness (QED) is 0.861. The highest BCUT2D eigenvalue weighted by molar-refractivity contribution is 6.32. The number of para-hydroxylation sites is 1. The lowest BCUT2D eigenvalue weighted by Gasteiger charge is -2.16. The van der Waals surface area contributed by atoms with Crippen molar-refractivity contribution in [3.63, 3.8) is 0 Å². The summed E-state index contributed by atoms with van der Waals surface area (Å²) in [5.41, 5.74) is 1.10. The van der Waals surface area contributed by atoms with Gasteiger partial charge in [0.25, 0.3) is 0 Å². The first-order valence-corrected chi connectivity index (χ1v) is 6.91. The molecule has 1 fully saturated rings. The Hall–Kier alpha value is -0.770. The van der Waals surface area contributed by atoms with E-state index >= 15 is 0 Å². The van der Waals surface area contributed by atoms with E-state index in [9.17, 15) is 0 Å². The van der Waals surface area contributed by atoms with E-state index in [1.165, 1.54) is 0 Å². The van der Waals surface area contributed by atoms with Gasteiger partial charge >= 0.3 is 0 Å². The van der Waals surface area contributed by atoms with E-state index in [4.69, 9.17) is 21.1 Å². The van der Waals surface area contributed by atoms with E-state index in [1.807, 2.05) is 18.2 Å². The second-order valence-electron chi connectivity index (χ2n) is 4.45. The average Bonchev–Trinajstić information content (AvgIpc) is 2.88. The Morgan fingerprint density at radius 3 is 3.11 bits per heavy atom. The van der Waals surface area contributed by atoms with Crippen molar-refractivity contribution in [1.82, 2.24) is 5.32 Å². The van der Waals surface area contributed by atoms with Crippen LogP contribution >= 0.6 is 11.6 Å². The van der Waals surface area contributed by atoms with E-state index < -0.39 is 0 Å². The van der Waals surface area contributed by atoms with E-state index in [0.717, 1.165) is 43.9 Å². The molecular weight excluding hydrogens is 250 g/mol. The van der Waals surface area contributed by atoms with Crippen molar-refractivity contribution in [1.29, 1.82) is 0 Å². The molecule has 1 aromatic rings. The molecule has 0 bridgehead atoms. The number of hydrogen-bond acceptors (Lipinski definition) is 3. The summed E-state index contributed by atoms with van der Waals surface area (Å²) in [7, 11) is 0. The third-order valence-electron chi connectivity index (χ3n) is 3.05. The van der Waals surface area contributed by atoms with Gasteiger partial charge in [0.2, 0.25) is 0 Å². The summed E-state index contributed by atoms with van der Waals surface area (Å²) in [5.74, 6) is 0.788. The van der Waals surface area contributed by atoms with Crippen molar-refractivity contribution >= 4 is 11.6 Å². The first kappa shape index (κ1) is 13.7. The van der Waals surface area contributed by atoms with Crippen LogP contribution < -0.4 is 10.1 Å². The summed E-state index contributed by atoms with van der Waals surface area (Å²) in [6.07, 6.45) is 2.42. The molecule has 1 N–H and O–H groups in total. The minimum absolute atomic E-state index is 0.216. The molecule has 0 spiro atoms. The molecule has 1 heterocycles. The van der Waals surface area contributed by atoms with Crippen LogP contribution in [0.25, 0.3) is 0 Å². The number of hydrogen-bond donors (Lipinski definition) is 1. The third-order valence-corrected chi connectivity index (χ3v) is 3.35. The predicted octanol–water partition coefficient (Wildman–Crippen LogP) is 3.01. The maximum absolute atomic E-state index is 6.20. The summed E-state index contributed by atoms with van der Waals surface area (Å²) in [5, 5.41) is 3.96. The van der Waals surface area contributed by atoms with Crippen LogP contribution in [0.1, 0.15) is 25.3 Å². The Morgan fingerprint density at radius 2 is 2.39 bits per heavy atom. The lowest BCUT2D eigenvalue weighted by Crippen LogP contribution is -2.18. The molecule has 1 aromatic carbocycles. The van der Waals surface area contributed by atoms with Gasteiger partial charge in [-0.15, -0.1) is 0 Å². The van der Waals surface area contributed by atoms with Crippen molar-refractivity contribution in [3.05, 3.63) is 28.8 Å². The molecule has 3 nitrogen and oxygen atoms in total. The van der Waals surface area contributed by atoms with Crippen LogP contribution in [0.3, 0.4) is 0 Å². The molecule has 0 saturated carbocycles. The molecule has 1 aliphatic heterocycles. The Morgan fingerprint density at radius 1 is 1.50 bits per heavy atom. The van der Waals surface area contributed by atoms with Gasteiger partial charge in [-0.1, -0.05) is 30.7 Å². The van der Waals surface area contributed by atoms with Crippen molar-refractivity contribution in [3.8, 4) is 5.75 Å². The smallest absolute Gasteiger partial charge is 0.142 e. The first-order valence-electron chi connectivity index (χ1n) is 6.53. The Bertz CT molecular complexity index is 378. The molecule has 0 aromatic heterocycles. The fourth-order valence-corrected chi connectivity index (χ4v) is 2.31. The second kappa shape index (κ2) is 6.98. The Labute approximate surface area is 113 Å². The van der Waals surface area contributed by atoms with Crippen molar-refractivity contribution in [2.45, 2.75) is 32.4 Å². The van der Waals surface area contributed by atoms with Gasteiger partial charge in [0.05, 0.1) is 11.1 Å². The molecule has 1 aliphatic rings. The first-order chi connectivity index (χ1) is 8.81. The van der Waals surface area contributed by atoms with Crippen LogP contribution in [0, 0.1) is 0 Å². The van der Waals surface area contributed by atoms with Gasteiger partial charge in [0, 0.05) is 18.7 Å². The lowest BCUT2D eigenvalue weighted by atomic mass is 10.2. The summed E-state index contributed by atoms with van der Waals surface area (Å²) >= 11 is 6.20. The van der Waals surface area contributed by atoms with Crippen molar-refractivity contribution in [2.24, 2.45) is 0 Å². The molecular formula is C14H20ClNO2. The van der Waals surface area contributed by atoms with Crippen LogP contribution in [0.5, 0.6) is 5.75 Å². The largest absolute Gasteiger partial charge is 0.489 e. The van der Waals surface area contributed by atoms with E-state index in [-0.39, 0.29) is 6.10 Å². The van der Waals surface area contributed by atoms with Crippen LogP contribution in [0.2, 0.25) is 5.02 Å². The number of halogens is 1. The number of ether oxygens (including phenoxy) is 2. The fourth-order valence-electron chi connectivity index (χ4n) is 2.07. The zero-order valence-corrected chi connectivity index (χ0v) is 11.5. The highest BCUT2D eigenvalue weighted by Crippen LogP contribution is 2.29. The highest BCUT2D eigenvalue weighted by atomic mass is 35.5. The SMILES string of the molecule is CCNCc1cccc(Cl)c1OCC1CCCO1. The van der Waals surface area contributed by atoms with Gasteiger partial charge in [-0.05, 0) is 25.5 Å². The number of benzene rings is 1. The molecule has 0 amide bonds. The van der Waals surface area contributed by atoms with Crippen LogP contribution in [0.15, 0.2) is 18.2 Å². The maximum Gasteiger partial charge on any atom is 0.142 e. The third kappa shape index (κ3) is 3.61. The highest BCUT2D eigenvalue weighted by Gasteiger charge is 2.17. The zero-order valence-electron chi connectivity index (χ0n) is 10.7. The van der Waals surface area contributed by atoms with Gasteiger partial charge in [-0.25, -0.2) is 0 Å². The van der Waals surface area contributed by atoms with E-state index in [2.05, 4.69) is 12.2 Å². The molecule has 0 aliphatic carbocycles. The maximum atomic E-state index is 6.20. The molecule has 0 radical (unpaired) electrons. The number of nitrogens with one attached hydrogen (secondary N) is 1. The fraction of sp³-hybridized carbons (Fsp3) is 0.571. The van der Waals surface area contributed by atoms with Gasteiger partial charge in [-0.3, -0.25) is 0 Å². The minimum Gasteiger partial charge on any atom is -0.489 e. The van der Waals surface area contributed by atoms with Gasteiger partial charge in [-0.2, -0.15) is 0 Å². The summed E-state index contributed by atoms with van der Waals surface area (Å²) < 4.78 is 11.4. The van der Waals surface area contributed by atoms with Gasteiger partial charge in [0.1, 0.15) is 12.4 Å². The Kier molecular flexibility index (Phi) is 5.29. The van der Waals surface area contributed by atoms with E-state index in [1.54, 1.807) is 0 Å². The van der Waals surface area contributed by atoms with E-state index in [0.29, 0.717) is 11.6 Å². The van der Waals surface area contributed by atoms with Crippen LogP contribution in [-0.2, 0) is 11.3 Å². The standard InChI is InChI=1S/C14H20ClNO2/c1-2-16-9-11-5-3-7-13(15)14(11)18-10-12-6-4-8-17-12/h3,5,7,12,16H,2,4,6,8-10H2,1H3. The summed E-state index contributed by atoms with van der Waals surface area (Å²) in [6, 6.07) is 5.86. The topological polar surface area (TPSA) is 30.5 Å². The molecule has 18 heavy (non-hydrogen) atoms. The van der Waals surface area contributed by atoms with Crippen LogP contribution in [-0.4, -0.2) is 25.9 Å². The monoisotopic (exact) mass is 269 g/mol. The molecule has 2 rings (SSSR count). The molecule has 1 saturated heterocycles. The van der Waals surface area contributed by atoms with Gasteiger partial charge in [0.15, 0.2) is 0 Å². The molecule has 4 heteroatoms. The minimum atomic E-state index is 0.216. The number of rotatable bonds is 6. The van der Waals surface area contributed by atoms with Gasteiger partial charge < -0.3 is 14.8 Å². The lowest BCUT2D eigenvalue weighted by molar-refractivity contribution is 0.0676.